The molecular weight excluding hydrogens is 308 g/mol. The molecule has 3 aliphatic heterocycles. The van der Waals surface area contributed by atoms with E-state index in [-0.39, 0.29) is 5.60 Å². The van der Waals surface area contributed by atoms with Gasteiger partial charge in [0.2, 0.25) is 0 Å². The summed E-state index contributed by atoms with van der Waals surface area (Å²) in [6.45, 7) is 4.82. The largest absolute Gasteiger partial charge is 0.487 e. The maximum Gasteiger partial charge on any atom is 0.123 e. The minimum atomic E-state index is 0.128. The predicted molar refractivity (Wildman–Crippen MR) is 101 cm³/mol. The number of rotatable bonds is 2. The second kappa shape index (κ2) is 6.59. The Morgan fingerprint density at radius 1 is 1.00 bits per heavy atom. The van der Waals surface area contributed by atoms with Crippen molar-refractivity contribution in [2.45, 2.75) is 75.3 Å². The number of nitrogens with zero attached hydrogens (tertiary/aromatic N) is 1. The van der Waals surface area contributed by atoms with Crippen molar-refractivity contribution >= 4 is 0 Å². The first-order valence-corrected chi connectivity index (χ1v) is 10.6. The second-order valence-corrected chi connectivity index (χ2v) is 8.80. The van der Waals surface area contributed by atoms with Gasteiger partial charge in [-0.15, -0.1) is 0 Å². The lowest BCUT2D eigenvalue weighted by molar-refractivity contribution is -0.0337. The van der Waals surface area contributed by atoms with Crippen LogP contribution >= 0.6 is 0 Å². The lowest BCUT2D eigenvalue weighted by Gasteiger charge is -2.48. The Bertz CT molecular complexity index is 610. The number of hydrogen-bond donors (Lipinski definition) is 1. The number of fused-ring (bicyclic) bond motifs is 1. The van der Waals surface area contributed by atoms with E-state index in [1.807, 2.05) is 0 Å². The summed E-state index contributed by atoms with van der Waals surface area (Å²) in [5.74, 6) is 1.93. The van der Waals surface area contributed by atoms with Gasteiger partial charge in [0.05, 0.1) is 0 Å². The zero-order valence-electron chi connectivity index (χ0n) is 15.4. The Hall–Kier alpha value is -1.06. The van der Waals surface area contributed by atoms with Crippen LogP contribution in [0.2, 0.25) is 0 Å². The van der Waals surface area contributed by atoms with Gasteiger partial charge in [0.1, 0.15) is 11.4 Å². The van der Waals surface area contributed by atoms with Gasteiger partial charge in [-0.3, -0.25) is 0 Å². The Labute approximate surface area is 152 Å². The van der Waals surface area contributed by atoms with Crippen LogP contribution in [-0.2, 0) is 6.42 Å². The molecule has 0 bridgehead atoms. The summed E-state index contributed by atoms with van der Waals surface area (Å²) in [5, 5.41) is 3.48. The number of benzene rings is 1. The van der Waals surface area contributed by atoms with Crippen LogP contribution in [0.5, 0.6) is 5.75 Å². The van der Waals surface area contributed by atoms with Crippen molar-refractivity contribution in [3.05, 3.63) is 29.3 Å². The Kier molecular flexibility index (Phi) is 4.25. The highest BCUT2D eigenvalue weighted by molar-refractivity contribution is 5.41. The Balaban J connectivity index is 1.27. The molecule has 1 saturated carbocycles. The third kappa shape index (κ3) is 3.10. The van der Waals surface area contributed by atoms with Crippen molar-refractivity contribution in [2.75, 3.05) is 26.2 Å². The van der Waals surface area contributed by atoms with Crippen LogP contribution in [0.1, 0.15) is 68.4 Å². The third-order valence-corrected chi connectivity index (χ3v) is 7.37. The summed E-state index contributed by atoms with van der Waals surface area (Å²) in [5.41, 5.74) is 3.13. The summed E-state index contributed by atoms with van der Waals surface area (Å²) in [6.07, 6.45) is 11.7. The van der Waals surface area contributed by atoms with Gasteiger partial charge in [0, 0.05) is 19.1 Å². The molecule has 1 aliphatic carbocycles. The maximum atomic E-state index is 6.64. The Morgan fingerprint density at radius 3 is 2.52 bits per heavy atom. The molecule has 3 heterocycles. The van der Waals surface area contributed by atoms with Gasteiger partial charge in [-0.1, -0.05) is 18.6 Å². The standard InChI is InChI=1S/C22H32N2O/c1-2-20(3-1)24-14-10-22(11-15-24)9-6-19-16-18(4-5-21(19)25-22)17-7-12-23-13-8-17/h4-5,16-17,20,23H,1-3,6-15H2. The van der Waals surface area contributed by atoms with Crippen LogP contribution in [0, 0.1) is 0 Å². The van der Waals surface area contributed by atoms with E-state index in [0.717, 1.165) is 12.0 Å². The van der Waals surface area contributed by atoms with Crippen LogP contribution in [-0.4, -0.2) is 42.7 Å². The molecule has 1 aromatic carbocycles. The van der Waals surface area contributed by atoms with Gasteiger partial charge in [-0.25, -0.2) is 0 Å². The normalized spacial score (nSPS) is 27.5. The third-order valence-electron chi connectivity index (χ3n) is 7.37. The van der Waals surface area contributed by atoms with Crippen molar-refractivity contribution in [3.8, 4) is 5.75 Å². The summed E-state index contributed by atoms with van der Waals surface area (Å²) >= 11 is 0. The molecule has 0 atom stereocenters. The quantitative estimate of drug-likeness (QED) is 0.884. The summed E-state index contributed by atoms with van der Waals surface area (Å²) in [6, 6.07) is 7.98. The second-order valence-electron chi connectivity index (χ2n) is 8.80. The van der Waals surface area contributed by atoms with Gasteiger partial charge in [-0.2, -0.15) is 0 Å². The SMILES string of the molecule is c1cc2c(cc1C1CCNCC1)CCC1(CCN(C3CCC3)CC1)O2. The fraction of sp³-hybridized carbons (Fsp3) is 0.727. The molecule has 136 valence electrons. The van der Waals surface area contributed by atoms with Crippen LogP contribution in [0.15, 0.2) is 18.2 Å². The molecule has 0 radical (unpaired) electrons. The number of aryl methyl sites for hydroxylation is 1. The zero-order valence-corrected chi connectivity index (χ0v) is 15.4. The van der Waals surface area contributed by atoms with Crippen molar-refractivity contribution in [1.82, 2.24) is 10.2 Å². The molecule has 3 nitrogen and oxygen atoms in total. The summed E-state index contributed by atoms with van der Waals surface area (Å²) in [7, 11) is 0. The molecule has 4 aliphatic rings. The van der Waals surface area contributed by atoms with Gasteiger partial charge in [0.15, 0.2) is 0 Å². The number of ether oxygens (including phenoxy) is 1. The first kappa shape index (κ1) is 16.1. The van der Waals surface area contributed by atoms with Crippen molar-refractivity contribution in [2.24, 2.45) is 0 Å². The highest BCUT2D eigenvalue weighted by Crippen LogP contribution is 2.42. The van der Waals surface area contributed by atoms with E-state index in [9.17, 15) is 0 Å². The first-order chi connectivity index (χ1) is 12.3. The van der Waals surface area contributed by atoms with Gasteiger partial charge >= 0.3 is 0 Å². The minimum absolute atomic E-state index is 0.128. The van der Waals surface area contributed by atoms with Gasteiger partial charge in [0.25, 0.3) is 0 Å². The van der Waals surface area contributed by atoms with Crippen molar-refractivity contribution < 1.29 is 4.74 Å². The van der Waals surface area contributed by atoms with Crippen molar-refractivity contribution in [3.63, 3.8) is 0 Å². The van der Waals surface area contributed by atoms with E-state index in [0.29, 0.717) is 0 Å². The van der Waals surface area contributed by atoms with Gasteiger partial charge < -0.3 is 15.0 Å². The molecule has 0 unspecified atom stereocenters. The number of hydrogen-bond acceptors (Lipinski definition) is 3. The maximum absolute atomic E-state index is 6.64. The van der Waals surface area contributed by atoms with Gasteiger partial charge in [-0.05, 0) is 87.6 Å². The highest BCUT2D eigenvalue weighted by atomic mass is 16.5. The first-order valence-electron chi connectivity index (χ1n) is 10.6. The lowest BCUT2D eigenvalue weighted by Crippen LogP contribution is -2.53. The molecule has 25 heavy (non-hydrogen) atoms. The van der Waals surface area contributed by atoms with Crippen LogP contribution in [0.3, 0.4) is 0 Å². The molecular formula is C22H32N2O. The number of piperidine rings is 2. The molecule has 2 saturated heterocycles. The van der Waals surface area contributed by atoms with E-state index < -0.39 is 0 Å². The lowest BCUT2D eigenvalue weighted by atomic mass is 9.80. The molecule has 3 fully saturated rings. The van der Waals surface area contributed by atoms with E-state index >= 15 is 0 Å². The smallest absolute Gasteiger partial charge is 0.123 e. The number of nitrogens with one attached hydrogen (secondary N) is 1. The molecule has 1 aromatic rings. The number of likely N-dealkylation sites (tertiary alicyclic amines) is 1. The van der Waals surface area contributed by atoms with Crippen LogP contribution in [0.25, 0.3) is 0 Å². The topological polar surface area (TPSA) is 24.5 Å². The molecule has 3 heteroatoms. The molecule has 0 aromatic heterocycles. The highest BCUT2D eigenvalue weighted by Gasteiger charge is 2.41. The van der Waals surface area contributed by atoms with E-state index in [4.69, 9.17) is 4.74 Å². The fourth-order valence-corrected chi connectivity index (χ4v) is 5.35. The van der Waals surface area contributed by atoms with Crippen LogP contribution in [0.4, 0.5) is 0 Å². The van der Waals surface area contributed by atoms with E-state index in [1.54, 1.807) is 5.56 Å². The monoisotopic (exact) mass is 340 g/mol. The van der Waals surface area contributed by atoms with E-state index in [2.05, 4.69) is 28.4 Å². The molecule has 5 rings (SSSR count). The summed E-state index contributed by atoms with van der Waals surface area (Å²) in [4.78, 5) is 2.73. The van der Waals surface area contributed by atoms with E-state index in [1.165, 1.54) is 95.3 Å². The molecule has 1 spiro atoms. The molecule has 1 N–H and O–H groups in total. The van der Waals surface area contributed by atoms with Crippen LogP contribution < -0.4 is 10.1 Å². The minimum Gasteiger partial charge on any atom is -0.487 e. The molecule has 0 amide bonds. The predicted octanol–water partition coefficient (Wildman–Crippen LogP) is 3.87. The Morgan fingerprint density at radius 2 is 1.80 bits per heavy atom. The average Bonchev–Trinajstić information content (AvgIpc) is 2.63. The van der Waals surface area contributed by atoms with Crippen molar-refractivity contribution in [1.29, 1.82) is 0 Å². The average molecular weight is 341 g/mol. The zero-order chi connectivity index (χ0) is 16.7. The fourth-order valence-electron chi connectivity index (χ4n) is 5.35. The summed E-state index contributed by atoms with van der Waals surface area (Å²) < 4.78 is 6.64.